The molecule has 1 aromatic carbocycles. The number of hydrogen-bond acceptors (Lipinski definition) is 4. The predicted molar refractivity (Wildman–Crippen MR) is 64.9 cm³/mol. The largest absolute Gasteiger partial charge is 0.497 e. The van der Waals surface area contributed by atoms with Gasteiger partial charge in [-0.25, -0.2) is 0 Å². The number of fused-ring (bicyclic) bond motifs is 1. The summed E-state index contributed by atoms with van der Waals surface area (Å²) in [5.74, 6) is 1.22. The van der Waals surface area contributed by atoms with Crippen molar-refractivity contribution in [3.05, 3.63) is 35.9 Å². The summed E-state index contributed by atoms with van der Waals surface area (Å²) in [4.78, 5) is 11.8. The SMILES string of the molecule is COc1ccc(C2=C[C@H]3COC[C@@H]3C(=O)O2)cc1. The van der Waals surface area contributed by atoms with Crippen LogP contribution < -0.4 is 4.74 Å². The average molecular weight is 246 g/mol. The fourth-order valence-corrected chi connectivity index (χ4v) is 2.30. The standard InChI is InChI=1S/C14H14O4/c1-16-11-4-2-9(3-5-11)13-6-10-7-17-8-12(10)14(15)18-13/h2-6,10,12H,7-8H2,1H3/t10-,12-/m0/s1. The zero-order chi connectivity index (χ0) is 12.5. The van der Waals surface area contributed by atoms with E-state index in [1.54, 1.807) is 7.11 Å². The Kier molecular flexibility index (Phi) is 2.80. The molecule has 94 valence electrons. The Hall–Kier alpha value is -1.81. The number of carbonyl (C=O) groups excluding carboxylic acids is 1. The third kappa shape index (κ3) is 1.88. The van der Waals surface area contributed by atoms with E-state index in [1.807, 2.05) is 30.3 Å². The van der Waals surface area contributed by atoms with Crippen molar-refractivity contribution in [1.29, 1.82) is 0 Å². The van der Waals surface area contributed by atoms with Gasteiger partial charge >= 0.3 is 5.97 Å². The van der Waals surface area contributed by atoms with E-state index >= 15 is 0 Å². The Morgan fingerprint density at radius 3 is 2.72 bits per heavy atom. The molecule has 2 aliphatic heterocycles. The van der Waals surface area contributed by atoms with E-state index in [4.69, 9.17) is 14.2 Å². The van der Waals surface area contributed by atoms with Crippen LogP contribution in [0.25, 0.3) is 5.76 Å². The van der Waals surface area contributed by atoms with E-state index in [-0.39, 0.29) is 17.8 Å². The highest BCUT2D eigenvalue weighted by molar-refractivity contribution is 5.83. The normalized spacial score (nSPS) is 26.3. The molecule has 0 aromatic heterocycles. The van der Waals surface area contributed by atoms with Crippen molar-refractivity contribution >= 4 is 11.7 Å². The van der Waals surface area contributed by atoms with Gasteiger partial charge in [-0.1, -0.05) is 0 Å². The monoisotopic (exact) mass is 246 g/mol. The quantitative estimate of drug-likeness (QED) is 0.747. The summed E-state index contributed by atoms with van der Waals surface area (Å²) in [7, 11) is 1.62. The van der Waals surface area contributed by atoms with Gasteiger partial charge in [0.1, 0.15) is 11.5 Å². The van der Waals surface area contributed by atoms with Gasteiger partial charge in [0, 0.05) is 11.5 Å². The molecule has 0 amide bonds. The van der Waals surface area contributed by atoms with Gasteiger partial charge in [0.05, 0.1) is 26.2 Å². The Morgan fingerprint density at radius 2 is 2.00 bits per heavy atom. The fourth-order valence-electron chi connectivity index (χ4n) is 2.30. The predicted octanol–water partition coefficient (Wildman–Crippen LogP) is 1.86. The summed E-state index contributed by atoms with van der Waals surface area (Å²) in [6.07, 6.45) is 1.99. The molecule has 2 aliphatic rings. The molecule has 4 nitrogen and oxygen atoms in total. The molecule has 0 unspecified atom stereocenters. The van der Waals surface area contributed by atoms with Gasteiger partial charge in [-0.2, -0.15) is 0 Å². The number of esters is 1. The first-order chi connectivity index (χ1) is 8.78. The molecule has 0 radical (unpaired) electrons. The Bertz CT molecular complexity index is 489. The molecule has 1 aromatic rings. The zero-order valence-corrected chi connectivity index (χ0v) is 10.1. The van der Waals surface area contributed by atoms with Crippen LogP contribution in [-0.4, -0.2) is 26.3 Å². The molecule has 0 spiro atoms. The molecular weight excluding hydrogens is 232 g/mol. The lowest BCUT2D eigenvalue weighted by atomic mass is 9.92. The molecule has 0 saturated carbocycles. The summed E-state index contributed by atoms with van der Waals surface area (Å²) < 4.78 is 15.8. The molecule has 2 atom stereocenters. The first-order valence-electron chi connectivity index (χ1n) is 5.93. The molecule has 3 rings (SSSR count). The summed E-state index contributed by atoms with van der Waals surface area (Å²) in [6, 6.07) is 7.46. The van der Waals surface area contributed by atoms with Crippen molar-refractivity contribution in [2.24, 2.45) is 11.8 Å². The van der Waals surface area contributed by atoms with E-state index < -0.39 is 0 Å². The average Bonchev–Trinajstić information content (AvgIpc) is 2.88. The van der Waals surface area contributed by atoms with Crippen molar-refractivity contribution < 1.29 is 19.0 Å². The second-order valence-electron chi connectivity index (χ2n) is 4.49. The second-order valence-corrected chi connectivity index (χ2v) is 4.49. The molecule has 1 saturated heterocycles. The maximum Gasteiger partial charge on any atom is 0.317 e. The molecule has 2 heterocycles. The first-order valence-corrected chi connectivity index (χ1v) is 5.93. The van der Waals surface area contributed by atoms with Gasteiger partial charge < -0.3 is 14.2 Å². The van der Waals surface area contributed by atoms with E-state index in [9.17, 15) is 4.79 Å². The van der Waals surface area contributed by atoms with Crippen molar-refractivity contribution in [2.75, 3.05) is 20.3 Å². The van der Waals surface area contributed by atoms with E-state index in [2.05, 4.69) is 0 Å². The molecule has 1 fully saturated rings. The van der Waals surface area contributed by atoms with Crippen LogP contribution in [0.2, 0.25) is 0 Å². The molecule has 0 aliphatic carbocycles. The number of hydrogen-bond donors (Lipinski definition) is 0. The lowest BCUT2D eigenvalue weighted by Gasteiger charge is -2.21. The molecule has 0 bridgehead atoms. The number of carbonyl (C=O) groups is 1. The Labute approximate surface area is 105 Å². The van der Waals surface area contributed by atoms with Crippen molar-refractivity contribution in [2.45, 2.75) is 0 Å². The van der Waals surface area contributed by atoms with Gasteiger partial charge in [0.2, 0.25) is 0 Å². The van der Waals surface area contributed by atoms with Crippen molar-refractivity contribution in [1.82, 2.24) is 0 Å². The number of benzene rings is 1. The van der Waals surface area contributed by atoms with Gasteiger partial charge in [0.15, 0.2) is 0 Å². The highest BCUT2D eigenvalue weighted by Crippen LogP contribution is 2.33. The van der Waals surface area contributed by atoms with Crippen molar-refractivity contribution in [3.8, 4) is 5.75 Å². The van der Waals surface area contributed by atoms with E-state index in [0.29, 0.717) is 19.0 Å². The number of ether oxygens (including phenoxy) is 3. The van der Waals surface area contributed by atoms with E-state index in [1.165, 1.54) is 0 Å². The second kappa shape index (κ2) is 4.46. The minimum atomic E-state index is -0.189. The maximum absolute atomic E-state index is 11.8. The summed E-state index contributed by atoms with van der Waals surface area (Å²) in [5, 5.41) is 0. The van der Waals surface area contributed by atoms with Crippen LogP contribution in [0.4, 0.5) is 0 Å². The van der Waals surface area contributed by atoms with E-state index in [0.717, 1.165) is 11.3 Å². The summed E-state index contributed by atoms with van der Waals surface area (Å²) >= 11 is 0. The Balaban J connectivity index is 1.89. The van der Waals surface area contributed by atoms with Crippen LogP contribution in [0.15, 0.2) is 30.3 Å². The van der Waals surface area contributed by atoms with Crippen LogP contribution in [0.3, 0.4) is 0 Å². The third-order valence-corrected chi connectivity index (χ3v) is 3.38. The molecular formula is C14H14O4. The molecule has 4 heteroatoms. The van der Waals surface area contributed by atoms with Crippen LogP contribution in [0, 0.1) is 11.8 Å². The minimum Gasteiger partial charge on any atom is -0.497 e. The maximum atomic E-state index is 11.8. The van der Waals surface area contributed by atoms with Crippen LogP contribution in [0.1, 0.15) is 5.56 Å². The molecule has 0 N–H and O–H groups in total. The molecule has 18 heavy (non-hydrogen) atoms. The first kappa shape index (κ1) is 11.3. The number of rotatable bonds is 2. The fraction of sp³-hybridized carbons (Fsp3) is 0.357. The van der Waals surface area contributed by atoms with Crippen molar-refractivity contribution in [3.63, 3.8) is 0 Å². The third-order valence-electron chi connectivity index (χ3n) is 3.38. The van der Waals surface area contributed by atoms with Gasteiger partial charge in [-0.15, -0.1) is 0 Å². The van der Waals surface area contributed by atoms with Gasteiger partial charge in [-0.05, 0) is 30.3 Å². The van der Waals surface area contributed by atoms with Crippen LogP contribution in [-0.2, 0) is 14.3 Å². The zero-order valence-electron chi connectivity index (χ0n) is 10.1. The summed E-state index contributed by atoms with van der Waals surface area (Å²) in [6.45, 7) is 1.06. The topological polar surface area (TPSA) is 44.8 Å². The van der Waals surface area contributed by atoms with Crippen LogP contribution >= 0.6 is 0 Å². The minimum absolute atomic E-state index is 0.132. The smallest absolute Gasteiger partial charge is 0.317 e. The van der Waals surface area contributed by atoms with Gasteiger partial charge in [0.25, 0.3) is 0 Å². The van der Waals surface area contributed by atoms with Gasteiger partial charge in [-0.3, -0.25) is 4.79 Å². The number of cyclic esters (lactones) is 1. The Morgan fingerprint density at radius 1 is 1.22 bits per heavy atom. The summed E-state index contributed by atoms with van der Waals surface area (Å²) in [5.41, 5.74) is 0.884. The lowest BCUT2D eigenvalue weighted by Crippen LogP contribution is -2.27. The highest BCUT2D eigenvalue weighted by Gasteiger charge is 2.38. The number of methoxy groups -OCH3 is 1. The van der Waals surface area contributed by atoms with Crippen LogP contribution in [0.5, 0.6) is 5.75 Å². The lowest BCUT2D eigenvalue weighted by molar-refractivity contribution is -0.143. The highest BCUT2D eigenvalue weighted by atomic mass is 16.5.